The zero-order valence-corrected chi connectivity index (χ0v) is 6.85. The van der Waals surface area contributed by atoms with E-state index in [-0.39, 0.29) is 6.61 Å². The third kappa shape index (κ3) is 5.65. The Hall–Kier alpha value is -0.480. The summed E-state index contributed by atoms with van der Waals surface area (Å²) in [6, 6.07) is 0. The Balaban J connectivity index is 3.26. The van der Waals surface area contributed by atoms with E-state index < -0.39 is 0 Å². The SMILES string of the molecule is CCC(C)CC#CCCO. The Morgan fingerprint density at radius 2 is 2.10 bits per heavy atom. The van der Waals surface area contributed by atoms with Crippen LogP contribution in [0, 0.1) is 17.8 Å². The largest absolute Gasteiger partial charge is 0.395 e. The van der Waals surface area contributed by atoms with E-state index in [1.807, 2.05) is 0 Å². The molecule has 0 saturated carbocycles. The fourth-order valence-corrected chi connectivity index (χ4v) is 0.535. The topological polar surface area (TPSA) is 20.2 Å². The van der Waals surface area contributed by atoms with Crippen molar-refractivity contribution in [2.24, 2.45) is 5.92 Å². The van der Waals surface area contributed by atoms with Crippen LogP contribution < -0.4 is 0 Å². The van der Waals surface area contributed by atoms with Gasteiger partial charge < -0.3 is 5.11 Å². The second kappa shape index (κ2) is 6.64. The van der Waals surface area contributed by atoms with Gasteiger partial charge in [-0.15, -0.1) is 11.8 Å². The molecule has 0 aromatic rings. The van der Waals surface area contributed by atoms with E-state index in [9.17, 15) is 0 Å². The van der Waals surface area contributed by atoms with Crippen LogP contribution in [0.1, 0.15) is 33.1 Å². The van der Waals surface area contributed by atoms with Gasteiger partial charge in [-0.1, -0.05) is 20.3 Å². The van der Waals surface area contributed by atoms with Crippen LogP contribution >= 0.6 is 0 Å². The molecular weight excluding hydrogens is 124 g/mol. The van der Waals surface area contributed by atoms with Crippen LogP contribution in [0.25, 0.3) is 0 Å². The van der Waals surface area contributed by atoms with Crippen molar-refractivity contribution in [3.8, 4) is 11.8 Å². The van der Waals surface area contributed by atoms with Crippen LogP contribution in [0.2, 0.25) is 0 Å². The first-order valence-corrected chi connectivity index (χ1v) is 3.87. The van der Waals surface area contributed by atoms with Crippen LogP contribution in [0.4, 0.5) is 0 Å². The second-order valence-corrected chi connectivity index (χ2v) is 2.54. The van der Waals surface area contributed by atoms with Crippen molar-refractivity contribution in [1.82, 2.24) is 0 Å². The summed E-state index contributed by atoms with van der Waals surface area (Å²) >= 11 is 0. The maximum absolute atomic E-state index is 8.39. The Labute approximate surface area is 63.5 Å². The molecule has 58 valence electrons. The van der Waals surface area contributed by atoms with Gasteiger partial charge in [0.25, 0.3) is 0 Å². The van der Waals surface area contributed by atoms with Crippen LogP contribution in [0.15, 0.2) is 0 Å². The van der Waals surface area contributed by atoms with Crippen molar-refractivity contribution < 1.29 is 5.11 Å². The minimum atomic E-state index is 0.188. The molecule has 1 atom stereocenters. The minimum absolute atomic E-state index is 0.188. The molecule has 0 spiro atoms. The number of aliphatic hydroxyl groups excluding tert-OH is 1. The lowest BCUT2D eigenvalue weighted by molar-refractivity contribution is 0.305. The van der Waals surface area contributed by atoms with Gasteiger partial charge >= 0.3 is 0 Å². The molecule has 0 amide bonds. The summed E-state index contributed by atoms with van der Waals surface area (Å²) in [4.78, 5) is 0. The van der Waals surface area contributed by atoms with Gasteiger partial charge in [0.2, 0.25) is 0 Å². The molecule has 0 rings (SSSR count). The lowest BCUT2D eigenvalue weighted by Gasteiger charge is -1.99. The fraction of sp³-hybridized carbons (Fsp3) is 0.778. The van der Waals surface area contributed by atoms with Gasteiger partial charge in [0, 0.05) is 12.8 Å². The highest BCUT2D eigenvalue weighted by Gasteiger charge is 1.92. The standard InChI is InChI=1S/C9H16O/c1-3-9(2)7-5-4-6-8-10/h9-10H,3,6-8H2,1-2H3. The summed E-state index contributed by atoms with van der Waals surface area (Å²) in [5, 5.41) is 8.39. The molecule has 1 heteroatoms. The lowest BCUT2D eigenvalue weighted by Crippen LogP contribution is -1.88. The van der Waals surface area contributed by atoms with E-state index in [4.69, 9.17) is 5.11 Å². The molecule has 0 aromatic heterocycles. The Morgan fingerprint density at radius 3 is 2.60 bits per heavy atom. The summed E-state index contributed by atoms with van der Waals surface area (Å²) in [6.07, 6.45) is 2.78. The van der Waals surface area contributed by atoms with Gasteiger partial charge in [-0.2, -0.15) is 0 Å². The number of aliphatic hydroxyl groups is 1. The van der Waals surface area contributed by atoms with E-state index in [1.54, 1.807) is 0 Å². The molecule has 0 heterocycles. The van der Waals surface area contributed by atoms with Gasteiger partial charge in [-0.05, 0) is 5.92 Å². The van der Waals surface area contributed by atoms with E-state index in [0.29, 0.717) is 12.3 Å². The predicted octanol–water partition coefficient (Wildman–Crippen LogP) is 1.81. The van der Waals surface area contributed by atoms with Crippen molar-refractivity contribution in [3.63, 3.8) is 0 Å². The van der Waals surface area contributed by atoms with Gasteiger partial charge in [0.05, 0.1) is 6.61 Å². The molecule has 1 nitrogen and oxygen atoms in total. The normalized spacial score (nSPS) is 11.9. The molecule has 0 fully saturated rings. The molecule has 0 saturated heterocycles. The highest BCUT2D eigenvalue weighted by molar-refractivity contribution is 4.99. The van der Waals surface area contributed by atoms with Gasteiger partial charge in [-0.25, -0.2) is 0 Å². The first-order chi connectivity index (χ1) is 4.81. The highest BCUT2D eigenvalue weighted by Crippen LogP contribution is 2.03. The average Bonchev–Trinajstić information content (AvgIpc) is 1.98. The molecule has 1 unspecified atom stereocenters. The third-order valence-corrected chi connectivity index (χ3v) is 1.51. The second-order valence-electron chi connectivity index (χ2n) is 2.54. The maximum Gasteiger partial charge on any atom is 0.0540 e. The highest BCUT2D eigenvalue weighted by atomic mass is 16.2. The first-order valence-electron chi connectivity index (χ1n) is 3.87. The molecule has 10 heavy (non-hydrogen) atoms. The van der Waals surface area contributed by atoms with Crippen molar-refractivity contribution in [2.75, 3.05) is 6.61 Å². The van der Waals surface area contributed by atoms with E-state index in [1.165, 1.54) is 6.42 Å². The van der Waals surface area contributed by atoms with Gasteiger partial charge in [-0.3, -0.25) is 0 Å². The summed E-state index contributed by atoms with van der Waals surface area (Å²) in [6.45, 7) is 4.54. The molecule has 0 bridgehead atoms. The molecular formula is C9H16O. The van der Waals surface area contributed by atoms with Crippen molar-refractivity contribution in [2.45, 2.75) is 33.1 Å². The fourth-order valence-electron chi connectivity index (χ4n) is 0.535. The van der Waals surface area contributed by atoms with E-state index >= 15 is 0 Å². The maximum atomic E-state index is 8.39. The summed E-state index contributed by atoms with van der Waals surface area (Å²) in [5.41, 5.74) is 0. The zero-order chi connectivity index (χ0) is 7.82. The third-order valence-electron chi connectivity index (χ3n) is 1.51. The number of rotatable bonds is 3. The van der Waals surface area contributed by atoms with Crippen LogP contribution in [0.5, 0.6) is 0 Å². The average molecular weight is 140 g/mol. The molecule has 1 N–H and O–H groups in total. The Morgan fingerprint density at radius 1 is 1.40 bits per heavy atom. The van der Waals surface area contributed by atoms with Gasteiger partial charge in [0.1, 0.15) is 0 Å². The summed E-state index contributed by atoms with van der Waals surface area (Å²) in [5.74, 6) is 6.63. The van der Waals surface area contributed by atoms with Crippen molar-refractivity contribution in [3.05, 3.63) is 0 Å². The van der Waals surface area contributed by atoms with Gasteiger partial charge in [0.15, 0.2) is 0 Å². The summed E-state index contributed by atoms with van der Waals surface area (Å²) < 4.78 is 0. The number of hydrogen-bond acceptors (Lipinski definition) is 1. The van der Waals surface area contributed by atoms with Crippen LogP contribution in [-0.2, 0) is 0 Å². The molecule has 0 aliphatic carbocycles. The summed E-state index contributed by atoms with van der Waals surface area (Å²) in [7, 11) is 0. The van der Waals surface area contributed by atoms with Crippen LogP contribution in [0.3, 0.4) is 0 Å². The van der Waals surface area contributed by atoms with Crippen LogP contribution in [-0.4, -0.2) is 11.7 Å². The van der Waals surface area contributed by atoms with E-state index in [2.05, 4.69) is 25.7 Å². The quantitative estimate of drug-likeness (QED) is 0.593. The van der Waals surface area contributed by atoms with Crippen molar-refractivity contribution >= 4 is 0 Å². The minimum Gasteiger partial charge on any atom is -0.395 e. The lowest BCUT2D eigenvalue weighted by atomic mass is 10.1. The zero-order valence-electron chi connectivity index (χ0n) is 6.85. The molecule has 0 aliphatic heterocycles. The monoisotopic (exact) mass is 140 g/mol. The molecule has 0 aliphatic rings. The van der Waals surface area contributed by atoms with Crippen molar-refractivity contribution in [1.29, 1.82) is 0 Å². The Kier molecular flexibility index (Phi) is 6.32. The Bertz CT molecular complexity index is 118. The van der Waals surface area contributed by atoms with E-state index in [0.717, 1.165) is 6.42 Å². The first kappa shape index (κ1) is 9.52. The molecule has 0 aromatic carbocycles. The molecule has 0 radical (unpaired) electrons. The number of hydrogen-bond donors (Lipinski definition) is 1. The smallest absolute Gasteiger partial charge is 0.0540 e. The predicted molar refractivity (Wildman–Crippen MR) is 43.6 cm³/mol.